The maximum Gasteiger partial charge on any atom is 0.330 e. The number of hydrogen-bond acceptors (Lipinski definition) is 6. The Morgan fingerprint density at radius 2 is 0.930 bits per heavy atom. The number of carbonyl (C=O) groups is 2. The Bertz CT molecular complexity index is 812. The van der Waals surface area contributed by atoms with Gasteiger partial charge in [-0.25, -0.2) is 9.59 Å². The van der Waals surface area contributed by atoms with Crippen LogP contribution in [0.1, 0.15) is 117 Å². The first kappa shape index (κ1) is 34.2. The number of hydrogen-bond donors (Lipinski definition) is 0. The monoisotopic (exact) mass is 600 g/mol. The van der Waals surface area contributed by atoms with E-state index in [0.717, 1.165) is 50.7 Å². The third-order valence-corrected chi connectivity index (χ3v) is 11.6. The highest BCUT2D eigenvalue weighted by Crippen LogP contribution is 2.49. The van der Waals surface area contributed by atoms with Crippen molar-refractivity contribution in [2.24, 2.45) is 40.9 Å². The zero-order valence-electron chi connectivity index (χ0n) is 27.3. The molecule has 0 aromatic carbocycles. The lowest BCUT2D eigenvalue weighted by Crippen LogP contribution is -2.39. The molecule has 6 nitrogen and oxygen atoms in total. The molecule has 0 spiro atoms. The summed E-state index contributed by atoms with van der Waals surface area (Å²) in [7, 11) is 0. The van der Waals surface area contributed by atoms with Gasteiger partial charge < -0.3 is 18.9 Å². The van der Waals surface area contributed by atoms with Gasteiger partial charge >= 0.3 is 11.9 Å². The Labute approximate surface area is 261 Å². The molecule has 43 heavy (non-hydrogen) atoms. The Hall–Kier alpha value is -1.66. The molecule has 244 valence electrons. The fraction of sp³-hybridized carbons (Fsp3) is 0.838. The van der Waals surface area contributed by atoms with Crippen LogP contribution in [0.4, 0.5) is 0 Å². The summed E-state index contributed by atoms with van der Waals surface area (Å²) >= 11 is 0. The summed E-state index contributed by atoms with van der Waals surface area (Å²) in [6.07, 6.45) is 22.6. The Morgan fingerprint density at radius 3 is 1.28 bits per heavy atom. The highest BCUT2D eigenvalue weighted by molar-refractivity contribution is 5.81. The molecule has 0 aromatic rings. The van der Waals surface area contributed by atoms with Crippen LogP contribution >= 0.6 is 0 Å². The Kier molecular flexibility index (Phi) is 13.6. The van der Waals surface area contributed by atoms with Crippen molar-refractivity contribution in [1.29, 1.82) is 0 Å². The van der Waals surface area contributed by atoms with Gasteiger partial charge in [0.25, 0.3) is 0 Å². The number of esters is 2. The standard InChI is InChI=1S/C37H60O6/c1-5-35(38)42-25-29-11-7-9-27(21-29)23-40-33-17-13-31(14-18-33)37(3,4)32-15-19-34(20-16-32)41-24-28-10-8-12-30(22-28)26-43-36(39)6-2/h5-6,27-34H,1-2,7-26H2,3-4H3. The summed E-state index contributed by atoms with van der Waals surface area (Å²) in [5, 5.41) is 0. The van der Waals surface area contributed by atoms with Gasteiger partial charge in [-0.3, -0.25) is 0 Å². The first-order valence-corrected chi connectivity index (χ1v) is 17.6. The summed E-state index contributed by atoms with van der Waals surface area (Å²) in [6, 6.07) is 0. The molecule has 4 rings (SSSR count). The number of carbonyl (C=O) groups excluding carboxylic acids is 2. The van der Waals surface area contributed by atoms with Crippen molar-refractivity contribution in [2.75, 3.05) is 26.4 Å². The van der Waals surface area contributed by atoms with E-state index in [1.54, 1.807) is 0 Å². The maximum atomic E-state index is 11.4. The van der Waals surface area contributed by atoms with E-state index in [1.165, 1.54) is 89.2 Å². The van der Waals surface area contributed by atoms with Gasteiger partial charge in [0.05, 0.1) is 25.4 Å². The summed E-state index contributed by atoms with van der Waals surface area (Å²) < 4.78 is 23.6. The molecule has 0 amide bonds. The van der Waals surface area contributed by atoms with Gasteiger partial charge in [0.1, 0.15) is 0 Å². The Morgan fingerprint density at radius 1 is 0.581 bits per heavy atom. The molecule has 6 heteroatoms. The van der Waals surface area contributed by atoms with Crippen LogP contribution in [-0.4, -0.2) is 50.6 Å². The highest BCUT2D eigenvalue weighted by atomic mass is 16.5. The quantitative estimate of drug-likeness (QED) is 0.148. The van der Waals surface area contributed by atoms with Gasteiger partial charge in [0, 0.05) is 25.4 Å². The second-order valence-electron chi connectivity index (χ2n) is 14.9. The molecule has 4 aliphatic rings. The molecule has 4 atom stereocenters. The topological polar surface area (TPSA) is 71.1 Å². The molecule has 4 aliphatic carbocycles. The second-order valence-corrected chi connectivity index (χ2v) is 14.9. The van der Waals surface area contributed by atoms with Crippen molar-refractivity contribution < 1.29 is 28.5 Å². The third-order valence-electron chi connectivity index (χ3n) is 11.6. The van der Waals surface area contributed by atoms with Crippen LogP contribution in [0.25, 0.3) is 0 Å². The highest BCUT2D eigenvalue weighted by Gasteiger charge is 2.41. The van der Waals surface area contributed by atoms with E-state index < -0.39 is 0 Å². The van der Waals surface area contributed by atoms with E-state index in [1.807, 2.05) is 0 Å². The van der Waals surface area contributed by atoms with E-state index in [4.69, 9.17) is 18.9 Å². The van der Waals surface area contributed by atoms with Crippen LogP contribution in [-0.2, 0) is 28.5 Å². The van der Waals surface area contributed by atoms with E-state index >= 15 is 0 Å². The molecule has 4 fully saturated rings. The van der Waals surface area contributed by atoms with Crippen molar-refractivity contribution in [3.05, 3.63) is 25.3 Å². The molecule has 0 aliphatic heterocycles. The molecule has 0 radical (unpaired) electrons. The first-order chi connectivity index (χ1) is 20.8. The van der Waals surface area contributed by atoms with Crippen LogP contribution in [0.3, 0.4) is 0 Å². The minimum atomic E-state index is -0.310. The van der Waals surface area contributed by atoms with E-state index in [-0.39, 0.29) is 11.9 Å². The molecular weight excluding hydrogens is 540 g/mol. The molecule has 0 N–H and O–H groups in total. The van der Waals surface area contributed by atoms with E-state index in [0.29, 0.717) is 54.5 Å². The Balaban J connectivity index is 1.10. The van der Waals surface area contributed by atoms with Gasteiger partial charge in [-0.1, -0.05) is 39.8 Å². The minimum Gasteiger partial charge on any atom is -0.462 e. The summed E-state index contributed by atoms with van der Waals surface area (Å²) in [5.41, 5.74) is 0.370. The number of rotatable bonds is 14. The third kappa shape index (κ3) is 10.7. The first-order valence-electron chi connectivity index (χ1n) is 17.6. The maximum absolute atomic E-state index is 11.4. The lowest BCUT2D eigenvalue weighted by atomic mass is 9.60. The molecule has 0 heterocycles. The van der Waals surface area contributed by atoms with Gasteiger partial charge in [0.2, 0.25) is 0 Å². The van der Waals surface area contributed by atoms with Crippen LogP contribution < -0.4 is 0 Å². The van der Waals surface area contributed by atoms with Crippen LogP contribution in [0.15, 0.2) is 25.3 Å². The van der Waals surface area contributed by atoms with Crippen molar-refractivity contribution in [3.63, 3.8) is 0 Å². The fourth-order valence-electron chi connectivity index (χ4n) is 8.75. The van der Waals surface area contributed by atoms with E-state index in [2.05, 4.69) is 27.0 Å². The average Bonchev–Trinajstić information content (AvgIpc) is 3.05. The largest absolute Gasteiger partial charge is 0.462 e. The van der Waals surface area contributed by atoms with E-state index in [9.17, 15) is 9.59 Å². The predicted octanol–water partition coefficient (Wildman–Crippen LogP) is 8.23. The zero-order chi connectivity index (χ0) is 30.7. The average molecular weight is 601 g/mol. The molecule has 0 aromatic heterocycles. The summed E-state index contributed by atoms with van der Waals surface area (Å²) in [6.45, 7) is 14.8. The second kappa shape index (κ2) is 17.1. The van der Waals surface area contributed by atoms with Crippen LogP contribution in [0.5, 0.6) is 0 Å². The van der Waals surface area contributed by atoms with Gasteiger partial charge in [-0.15, -0.1) is 0 Å². The molecule has 0 saturated heterocycles. The lowest BCUT2D eigenvalue weighted by molar-refractivity contribution is -0.140. The van der Waals surface area contributed by atoms with Crippen LogP contribution in [0.2, 0.25) is 0 Å². The lowest BCUT2D eigenvalue weighted by Gasteiger charge is -2.47. The SMILES string of the molecule is C=CC(=O)OCC1CCCC(COC2CCC(C(C)(C)C3CCC(OCC4CCCC(COC(=O)C=C)C4)CC3)CC2)C1. The fourth-order valence-corrected chi connectivity index (χ4v) is 8.75. The van der Waals surface area contributed by atoms with Crippen molar-refractivity contribution in [2.45, 2.75) is 129 Å². The molecule has 4 saturated carbocycles. The van der Waals surface area contributed by atoms with Gasteiger partial charge in [-0.2, -0.15) is 0 Å². The smallest absolute Gasteiger partial charge is 0.330 e. The molecule has 0 bridgehead atoms. The van der Waals surface area contributed by atoms with Crippen molar-refractivity contribution >= 4 is 11.9 Å². The number of ether oxygens (including phenoxy) is 4. The zero-order valence-corrected chi connectivity index (χ0v) is 27.3. The molecular formula is C37H60O6. The normalized spacial score (nSPS) is 33.7. The minimum absolute atomic E-state index is 0.310. The summed E-state index contributed by atoms with van der Waals surface area (Å²) in [5.74, 6) is 3.05. The van der Waals surface area contributed by atoms with Crippen LogP contribution in [0, 0.1) is 40.9 Å². The summed E-state index contributed by atoms with van der Waals surface area (Å²) in [4.78, 5) is 22.9. The van der Waals surface area contributed by atoms with Gasteiger partial charge in [-0.05, 0) is 131 Å². The predicted molar refractivity (Wildman–Crippen MR) is 170 cm³/mol. The van der Waals surface area contributed by atoms with Gasteiger partial charge in [0.15, 0.2) is 0 Å². The van der Waals surface area contributed by atoms with Crippen molar-refractivity contribution in [3.8, 4) is 0 Å². The van der Waals surface area contributed by atoms with Crippen molar-refractivity contribution in [1.82, 2.24) is 0 Å². The molecule has 4 unspecified atom stereocenters.